The quantitative estimate of drug-likeness (QED) is 0.502. The van der Waals surface area contributed by atoms with Crippen LogP contribution in [0.15, 0.2) is 12.3 Å². The molecule has 0 aromatic heterocycles. The summed E-state index contributed by atoms with van der Waals surface area (Å²) in [5.41, 5.74) is 4.76. The number of hydrogen-bond donors (Lipinski definition) is 3. The highest BCUT2D eigenvalue weighted by Crippen LogP contribution is 2.14. The van der Waals surface area contributed by atoms with Crippen LogP contribution in [-0.4, -0.2) is 41.2 Å². The first-order chi connectivity index (χ1) is 6.15. The summed E-state index contributed by atoms with van der Waals surface area (Å²) < 4.78 is 9.38. The molecule has 0 spiro atoms. The molecule has 1 amide bonds. The van der Waals surface area contributed by atoms with E-state index in [9.17, 15) is 9.90 Å². The molecule has 0 aromatic rings. The van der Waals surface area contributed by atoms with Crippen LogP contribution in [0.1, 0.15) is 0 Å². The van der Waals surface area contributed by atoms with E-state index in [0.717, 1.165) is 0 Å². The van der Waals surface area contributed by atoms with Crippen LogP contribution in [0.3, 0.4) is 0 Å². The summed E-state index contributed by atoms with van der Waals surface area (Å²) in [4.78, 5) is 10.4. The lowest BCUT2D eigenvalue weighted by molar-refractivity contribution is -0.0825. The first kappa shape index (κ1) is 9.82. The molecule has 0 radical (unpaired) electrons. The lowest BCUT2D eigenvalue weighted by atomic mass is 10.1. The third kappa shape index (κ3) is 2.33. The maximum atomic E-state index is 10.4. The van der Waals surface area contributed by atoms with Crippen LogP contribution < -0.4 is 5.73 Å². The van der Waals surface area contributed by atoms with Gasteiger partial charge in [-0.3, -0.25) is 0 Å². The minimum atomic E-state index is -1.09. The van der Waals surface area contributed by atoms with E-state index >= 15 is 0 Å². The number of ether oxygens (including phenoxy) is 2. The zero-order chi connectivity index (χ0) is 9.84. The van der Waals surface area contributed by atoms with Crippen LogP contribution in [-0.2, 0) is 9.47 Å². The van der Waals surface area contributed by atoms with Gasteiger partial charge >= 0.3 is 6.09 Å². The average molecular weight is 189 g/mol. The Morgan fingerprint density at radius 3 is 2.92 bits per heavy atom. The van der Waals surface area contributed by atoms with Gasteiger partial charge in [-0.05, 0) is 6.08 Å². The summed E-state index contributed by atoms with van der Waals surface area (Å²) in [5.74, 6) is 0. The Morgan fingerprint density at radius 1 is 1.69 bits per heavy atom. The number of carbonyl (C=O) groups excluding carboxylic acids is 1. The minimum Gasteiger partial charge on any atom is -0.493 e. The third-order valence-corrected chi connectivity index (χ3v) is 1.67. The van der Waals surface area contributed by atoms with Gasteiger partial charge < -0.3 is 25.4 Å². The summed E-state index contributed by atoms with van der Waals surface area (Å²) >= 11 is 0. The van der Waals surface area contributed by atoms with Gasteiger partial charge in [0.05, 0.1) is 12.9 Å². The van der Waals surface area contributed by atoms with Gasteiger partial charge in [-0.15, -0.1) is 0 Å². The normalized spacial score (nSPS) is 32.3. The summed E-state index contributed by atoms with van der Waals surface area (Å²) in [6.45, 7) is -0.357. The number of carbonyl (C=O) groups is 1. The minimum absolute atomic E-state index is 0.357. The van der Waals surface area contributed by atoms with Crippen LogP contribution in [0.4, 0.5) is 4.79 Å². The zero-order valence-corrected chi connectivity index (χ0v) is 6.79. The summed E-state index contributed by atoms with van der Waals surface area (Å²) in [6.07, 6.45) is -1.12. The van der Waals surface area contributed by atoms with Gasteiger partial charge in [0, 0.05) is 0 Å². The molecule has 0 unspecified atom stereocenters. The molecular formula is C7H11NO5. The molecule has 1 aliphatic heterocycles. The largest absolute Gasteiger partial charge is 0.493 e. The van der Waals surface area contributed by atoms with E-state index < -0.39 is 24.4 Å². The fourth-order valence-corrected chi connectivity index (χ4v) is 1.02. The van der Waals surface area contributed by atoms with Crippen molar-refractivity contribution in [3.63, 3.8) is 0 Å². The highest BCUT2D eigenvalue weighted by molar-refractivity contribution is 5.65. The Bertz CT molecular complexity index is 217. The maximum absolute atomic E-state index is 10.4. The predicted octanol–water partition coefficient (Wildman–Crippen LogP) is -1.28. The van der Waals surface area contributed by atoms with Gasteiger partial charge in [-0.2, -0.15) is 0 Å². The molecule has 0 bridgehead atoms. The Balaban J connectivity index is 2.59. The first-order valence-corrected chi connectivity index (χ1v) is 3.72. The van der Waals surface area contributed by atoms with Gasteiger partial charge in [0.2, 0.25) is 0 Å². The number of aliphatic hydroxyl groups is 2. The SMILES string of the molecule is NC(=O)O[C@@H]1C=CO[C@H](CO)[C@H]1O. The number of rotatable bonds is 2. The van der Waals surface area contributed by atoms with Gasteiger partial charge in [0.25, 0.3) is 0 Å². The number of amides is 1. The van der Waals surface area contributed by atoms with Crippen LogP contribution >= 0.6 is 0 Å². The third-order valence-electron chi connectivity index (χ3n) is 1.67. The number of hydrogen-bond acceptors (Lipinski definition) is 5. The zero-order valence-electron chi connectivity index (χ0n) is 6.79. The molecular weight excluding hydrogens is 178 g/mol. The van der Waals surface area contributed by atoms with Crippen molar-refractivity contribution in [3.8, 4) is 0 Å². The molecule has 6 heteroatoms. The van der Waals surface area contributed by atoms with Crippen molar-refractivity contribution < 1.29 is 24.5 Å². The van der Waals surface area contributed by atoms with E-state index in [1.807, 2.05) is 0 Å². The molecule has 3 atom stereocenters. The second kappa shape index (κ2) is 4.11. The topological polar surface area (TPSA) is 102 Å². The molecule has 0 aromatic carbocycles. The van der Waals surface area contributed by atoms with E-state index in [2.05, 4.69) is 4.74 Å². The number of aliphatic hydroxyl groups excluding tert-OH is 2. The summed E-state index contributed by atoms with van der Waals surface area (Å²) in [7, 11) is 0. The van der Waals surface area contributed by atoms with Crippen molar-refractivity contribution >= 4 is 6.09 Å². The van der Waals surface area contributed by atoms with Gasteiger partial charge in [-0.25, -0.2) is 4.79 Å². The average Bonchev–Trinajstić information content (AvgIpc) is 2.08. The molecule has 1 aliphatic rings. The number of nitrogens with two attached hydrogens (primary N) is 1. The van der Waals surface area contributed by atoms with E-state index in [0.29, 0.717) is 0 Å². The van der Waals surface area contributed by atoms with Crippen LogP contribution in [0.25, 0.3) is 0 Å². The molecule has 0 aliphatic carbocycles. The van der Waals surface area contributed by atoms with E-state index in [1.165, 1.54) is 12.3 Å². The number of primary amides is 1. The second-order valence-corrected chi connectivity index (χ2v) is 2.58. The Morgan fingerprint density at radius 2 is 2.38 bits per heavy atom. The summed E-state index contributed by atoms with van der Waals surface area (Å²) in [6, 6.07) is 0. The summed E-state index contributed by atoms with van der Waals surface area (Å²) in [5, 5.41) is 18.1. The monoisotopic (exact) mass is 189 g/mol. The van der Waals surface area contributed by atoms with Gasteiger partial charge in [-0.1, -0.05) is 0 Å². The Labute approximate surface area is 74.6 Å². The van der Waals surface area contributed by atoms with Gasteiger partial charge in [0.15, 0.2) is 12.2 Å². The Kier molecular flexibility index (Phi) is 3.10. The van der Waals surface area contributed by atoms with Crippen LogP contribution in [0.2, 0.25) is 0 Å². The van der Waals surface area contributed by atoms with E-state index in [1.54, 1.807) is 0 Å². The molecule has 13 heavy (non-hydrogen) atoms. The lowest BCUT2D eigenvalue weighted by Crippen LogP contribution is -2.44. The van der Waals surface area contributed by atoms with Crippen molar-refractivity contribution in [2.75, 3.05) is 6.61 Å². The smallest absolute Gasteiger partial charge is 0.405 e. The maximum Gasteiger partial charge on any atom is 0.405 e. The predicted molar refractivity (Wildman–Crippen MR) is 41.6 cm³/mol. The van der Waals surface area contributed by atoms with Crippen LogP contribution in [0, 0.1) is 0 Å². The second-order valence-electron chi connectivity index (χ2n) is 2.58. The van der Waals surface area contributed by atoms with Crippen molar-refractivity contribution in [1.29, 1.82) is 0 Å². The van der Waals surface area contributed by atoms with Crippen molar-refractivity contribution in [1.82, 2.24) is 0 Å². The highest BCUT2D eigenvalue weighted by Gasteiger charge is 2.32. The molecule has 0 fully saturated rings. The fraction of sp³-hybridized carbons (Fsp3) is 0.571. The van der Waals surface area contributed by atoms with Crippen molar-refractivity contribution in [3.05, 3.63) is 12.3 Å². The molecule has 0 saturated carbocycles. The molecule has 4 N–H and O–H groups in total. The van der Waals surface area contributed by atoms with Crippen molar-refractivity contribution in [2.24, 2.45) is 5.73 Å². The molecule has 0 saturated heterocycles. The molecule has 74 valence electrons. The highest BCUT2D eigenvalue weighted by atomic mass is 16.6. The molecule has 6 nitrogen and oxygen atoms in total. The molecule has 1 heterocycles. The standard InChI is InChI=1S/C7H11NO5/c8-7(11)13-4-1-2-12-5(3-9)6(4)10/h1-2,4-6,9-10H,3H2,(H2,8,11)/t4-,5-,6+/m1/s1. The van der Waals surface area contributed by atoms with Crippen molar-refractivity contribution in [2.45, 2.75) is 18.3 Å². The Hall–Kier alpha value is -1.27. The fourth-order valence-electron chi connectivity index (χ4n) is 1.02. The van der Waals surface area contributed by atoms with Crippen LogP contribution in [0.5, 0.6) is 0 Å². The first-order valence-electron chi connectivity index (χ1n) is 3.72. The van der Waals surface area contributed by atoms with E-state index in [-0.39, 0.29) is 6.61 Å². The van der Waals surface area contributed by atoms with Gasteiger partial charge in [0.1, 0.15) is 6.10 Å². The molecule has 1 rings (SSSR count). The lowest BCUT2D eigenvalue weighted by Gasteiger charge is -2.28. The van der Waals surface area contributed by atoms with E-state index in [4.69, 9.17) is 15.6 Å².